The Bertz CT molecular complexity index is 1080. The van der Waals surface area contributed by atoms with Gasteiger partial charge in [0, 0.05) is 23.6 Å². The van der Waals surface area contributed by atoms with Crippen molar-refractivity contribution in [2.45, 2.75) is 31.6 Å². The van der Waals surface area contributed by atoms with E-state index in [1.165, 1.54) is 0 Å². The van der Waals surface area contributed by atoms with Gasteiger partial charge in [0.15, 0.2) is 17.3 Å². The highest BCUT2D eigenvalue weighted by atomic mass is 16.5. The number of ether oxygens (including phenoxy) is 3. The van der Waals surface area contributed by atoms with Crippen LogP contribution in [-0.4, -0.2) is 42.4 Å². The van der Waals surface area contributed by atoms with Crippen LogP contribution < -0.4 is 19.5 Å². The number of hydrogen-bond acceptors (Lipinski definition) is 6. The molecule has 4 rings (SSSR count). The van der Waals surface area contributed by atoms with Gasteiger partial charge in [-0.1, -0.05) is 18.2 Å². The predicted molar refractivity (Wildman–Crippen MR) is 117 cm³/mol. The number of benzene rings is 2. The van der Waals surface area contributed by atoms with E-state index >= 15 is 0 Å². The van der Waals surface area contributed by atoms with Gasteiger partial charge in [0.25, 0.3) is 0 Å². The topological polar surface area (TPSA) is 98.4 Å². The Morgan fingerprint density at radius 2 is 1.90 bits per heavy atom. The van der Waals surface area contributed by atoms with Crippen LogP contribution in [0.5, 0.6) is 17.2 Å². The van der Waals surface area contributed by atoms with Crippen molar-refractivity contribution in [2.24, 2.45) is 0 Å². The zero-order valence-corrected chi connectivity index (χ0v) is 17.9. The van der Waals surface area contributed by atoms with Gasteiger partial charge in [0.2, 0.25) is 11.7 Å². The quantitative estimate of drug-likeness (QED) is 0.542. The monoisotopic (exact) mass is 422 g/mol. The van der Waals surface area contributed by atoms with Crippen LogP contribution in [0.25, 0.3) is 11.4 Å². The molecule has 31 heavy (non-hydrogen) atoms. The van der Waals surface area contributed by atoms with Crippen molar-refractivity contribution >= 4 is 11.6 Å². The molecule has 0 bridgehead atoms. The SMILES string of the molecule is COc1ccc(CCC(=O)Nc2cccc(-c3n[nH]c(C4CC4)n3)c2)c(OC)c1OC. The van der Waals surface area contributed by atoms with Gasteiger partial charge in [-0.25, -0.2) is 4.98 Å². The molecule has 8 heteroatoms. The number of carbonyl (C=O) groups excluding carboxylic acids is 1. The average Bonchev–Trinajstić information content (AvgIpc) is 3.53. The Balaban J connectivity index is 1.41. The fraction of sp³-hybridized carbons (Fsp3) is 0.348. The third-order valence-corrected chi connectivity index (χ3v) is 5.28. The molecule has 1 aliphatic rings. The first kappa shape index (κ1) is 20.7. The van der Waals surface area contributed by atoms with Crippen LogP contribution in [-0.2, 0) is 11.2 Å². The summed E-state index contributed by atoms with van der Waals surface area (Å²) < 4.78 is 16.2. The van der Waals surface area contributed by atoms with Crippen molar-refractivity contribution in [2.75, 3.05) is 26.6 Å². The first-order chi connectivity index (χ1) is 15.1. The van der Waals surface area contributed by atoms with E-state index in [2.05, 4.69) is 20.5 Å². The molecule has 0 spiro atoms. The van der Waals surface area contributed by atoms with Gasteiger partial charge >= 0.3 is 0 Å². The Morgan fingerprint density at radius 1 is 1.10 bits per heavy atom. The molecule has 1 heterocycles. The number of aryl methyl sites for hydroxylation is 1. The third-order valence-electron chi connectivity index (χ3n) is 5.28. The molecule has 0 atom stereocenters. The number of nitrogens with zero attached hydrogens (tertiary/aromatic N) is 2. The predicted octanol–water partition coefficient (Wildman–Crippen LogP) is 3.95. The lowest BCUT2D eigenvalue weighted by Gasteiger charge is -2.15. The number of methoxy groups -OCH3 is 3. The van der Waals surface area contributed by atoms with Crippen LogP contribution in [0.1, 0.15) is 36.6 Å². The molecule has 0 aliphatic heterocycles. The van der Waals surface area contributed by atoms with Gasteiger partial charge in [-0.05, 0) is 43.0 Å². The van der Waals surface area contributed by atoms with Crippen LogP contribution in [0.4, 0.5) is 5.69 Å². The van der Waals surface area contributed by atoms with Gasteiger partial charge in [0.05, 0.1) is 21.3 Å². The van der Waals surface area contributed by atoms with Crippen molar-refractivity contribution in [1.82, 2.24) is 15.2 Å². The molecule has 3 aromatic rings. The van der Waals surface area contributed by atoms with Crippen molar-refractivity contribution in [3.8, 4) is 28.6 Å². The number of rotatable bonds is 9. The molecule has 1 aliphatic carbocycles. The van der Waals surface area contributed by atoms with E-state index in [4.69, 9.17) is 14.2 Å². The number of aromatic nitrogens is 3. The molecule has 1 aromatic heterocycles. The van der Waals surface area contributed by atoms with E-state index < -0.39 is 0 Å². The minimum Gasteiger partial charge on any atom is -0.493 e. The molecule has 0 saturated heterocycles. The Morgan fingerprint density at radius 3 is 2.61 bits per heavy atom. The highest BCUT2D eigenvalue weighted by molar-refractivity contribution is 5.91. The largest absolute Gasteiger partial charge is 0.493 e. The second kappa shape index (κ2) is 9.07. The van der Waals surface area contributed by atoms with E-state index in [0.29, 0.717) is 47.5 Å². The highest BCUT2D eigenvalue weighted by Gasteiger charge is 2.27. The fourth-order valence-electron chi connectivity index (χ4n) is 3.51. The average molecular weight is 422 g/mol. The number of amides is 1. The van der Waals surface area contributed by atoms with Gasteiger partial charge in [-0.2, -0.15) is 5.10 Å². The minimum absolute atomic E-state index is 0.0948. The third kappa shape index (κ3) is 4.63. The summed E-state index contributed by atoms with van der Waals surface area (Å²) >= 11 is 0. The molecule has 1 amide bonds. The lowest BCUT2D eigenvalue weighted by Crippen LogP contribution is -2.12. The summed E-state index contributed by atoms with van der Waals surface area (Å²) in [4.78, 5) is 17.1. The first-order valence-corrected chi connectivity index (χ1v) is 10.2. The van der Waals surface area contributed by atoms with Gasteiger partial charge < -0.3 is 19.5 Å². The first-order valence-electron chi connectivity index (χ1n) is 10.2. The number of H-pyrrole nitrogens is 1. The minimum atomic E-state index is -0.0948. The summed E-state index contributed by atoms with van der Waals surface area (Å²) in [5.41, 5.74) is 2.44. The van der Waals surface area contributed by atoms with Crippen LogP contribution in [0.2, 0.25) is 0 Å². The summed E-state index contributed by atoms with van der Waals surface area (Å²) in [6.45, 7) is 0. The maximum Gasteiger partial charge on any atom is 0.224 e. The zero-order valence-electron chi connectivity index (χ0n) is 17.9. The van der Waals surface area contributed by atoms with E-state index in [9.17, 15) is 4.79 Å². The number of hydrogen-bond donors (Lipinski definition) is 2. The summed E-state index contributed by atoms with van der Waals surface area (Å²) in [7, 11) is 4.71. The molecular formula is C23H26N4O4. The molecule has 0 radical (unpaired) electrons. The molecule has 2 N–H and O–H groups in total. The van der Waals surface area contributed by atoms with Crippen molar-refractivity contribution in [3.05, 3.63) is 47.8 Å². The van der Waals surface area contributed by atoms with Crippen LogP contribution in [0.3, 0.4) is 0 Å². The Hall–Kier alpha value is -3.55. The number of nitrogens with one attached hydrogen (secondary N) is 2. The van der Waals surface area contributed by atoms with E-state index in [-0.39, 0.29) is 5.91 Å². The maximum atomic E-state index is 12.6. The Labute approximate surface area is 180 Å². The van der Waals surface area contributed by atoms with E-state index in [1.807, 2.05) is 36.4 Å². The molecular weight excluding hydrogens is 396 g/mol. The highest BCUT2D eigenvalue weighted by Crippen LogP contribution is 2.40. The van der Waals surface area contributed by atoms with Crippen LogP contribution >= 0.6 is 0 Å². The summed E-state index contributed by atoms with van der Waals surface area (Å²) in [5, 5.41) is 10.3. The van der Waals surface area contributed by atoms with Crippen molar-refractivity contribution in [3.63, 3.8) is 0 Å². The second-order valence-electron chi connectivity index (χ2n) is 7.44. The van der Waals surface area contributed by atoms with Crippen molar-refractivity contribution in [1.29, 1.82) is 0 Å². The van der Waals surface area contributed by atoms with Gasteiger partial charge in [0.1, 0.15) is 5.82 Å². The number of anilines is 1. The normalized spacial score (nSPS) is 13.0. The molecule has 2 aromatic carbocycles. The van der Waals surface area contributed by atoms with Gasteiger partial charge in [-0.3, -0.25) is 9.89 Å². The zero-order chi connectivity index (χ0) is 21.8. The van der Waals surface area contributed by atoms with Crippen LogP contribution in [0.15, 0.2) is 36.4 Å². The molecule has 1 saturated carbocycles. The summed E-state index contributed by atoms with van der Waals surface area (Å²) in [6.07, 6.45) is 3.12. The lowest BCUT2D eigenvalue weighted by molar-refractivity contribution is -0.116. The Kier molecular flexibility index (Phi) is 6.06. The lowest BCUT2D eigenvalue weighted by atomic mass is 10.1. The maximum absolute atomic E-state index is 12.6. The van der Waals surface area contributed by atoms with Crippen molar-refractivity contribution < 1.29 is 19.0 Å². The summed E-state index contributed by atoms with van der Waals surface area (Å²) in [5.74, 6) is 3.68. The molecule has 1 fully saturated rings. The fourth-order valence-corrected chi connectivity index (χ4v) is 3.51. The summed E-state index contributed by atoms with van der Waals surface area (Å²) in [6, 6.07) is 11.3. The molecule has 162 valence electrons. The smallest absolute Gasteiger partial charge is 0.224 e. The van der Waals surface area contributed by atoms with E-state index in [0.717, 1.165) is 29.8 Å². The van der Waals surface area contributed by atoms with Crippen LogP contribution in [0, 0.1) is 0 Å². The number of aromatic amines is 1. The van der Waals surface area contributed by atoms with E-state index in [1.54, 1.807) is 21.3 Å². The van der Waals surface area contributed by atoms with Gasteiger partial charge in [-0.15, -0.1) is 0 Å². The molecule has 8 nitrogen and oxygen atoms in total. The molecule has 0 unspecified atom stereocenters. The second-order valence-corrected chi connectivity index (χ2v) is 7.44. The number of carbonyl (C=O) groups is 1. The standard InChI is InChI=1S/C23H26N4O4/c1-29-18-11-9-14(20(30-2)21(18)31-3)10-12-19(28)24-17-6-4-5-16(13-17)23-25-22(26-27-23)15-7-8-15/h4-6,9,11,13,15H,7-8,10,12H2,1-3H3,(H,24,28)(H,25,26,27).